The highest BCUT2D eigenvalue weighted by atomic mass is 16.3. The van der Waals surface area contributed by atoms with E-state index in [-0.39, 0.29) is 12.1 Å². The van der Waals surface area contributed by atoms with Gasteiger partial charge in [0.1, 0.15) is 17.5 Å². The smallest absolute Gasteiger partial charge is 0.132 e. The van der Waals surface area contributed by atoms with Crippen molar-refractivity contribution in [3.63, 3.8) is 0 Å². The van der Waals surface area contributed by atoms with Crippen LogP contribution in [0, 0.1) is 6.92 Å². The standard InChI is InChI=1S/C11H18N4O/c1-8-13-9(12-2)6-10(14-8)15-11(7-16)4-3-5-11/h6,16H,3-5,7H2,1-2H3,(H2,12,13,14,15). The van der Waals surface area contributed by atoms with Gasteiger partial charge in [0.25, 0.3) is 0 Å². The van der Waals surface area contributed by atoms with Crippen molar-refractivity contribution < 1.29 is 5.11 Å². The lowest BCUT2D eigenvalue weighted by atomic mass is 9.77. The Balaban J connectivity index is 2.17. The second-order valence-corrected chi connectivity index (χ2v) is 4.35. The second kappa shape index (κ2) is 4.25. The summed E-state index contributed by atoms with van der Waals surface area (Å²) in [5, 5.41) is 15.7. The van der Waals surface area contributed by atoms with Crippen molar-refractivity contribution in [1.82, 2.24) is 9.97 Å². The van der Waals surface area contributed by atoms with Crippen LogP contribution in [0.25, 0.3) is 0 Å². The van der Waals surface area contributed by atoms with Gasteiger partial charge in [-0.3, -0.25) is 0 Å². The van der Waals surface area contributed by atoms with E-state index in [4.69, 9.17) is 0 Å². The summed E-state index contributed by atoms with van der Waals surface area (Å²) < 4.78 is 0. The molecule has 1 aliphatic carbocycles. The Kier molecular flexibility index (Phi) is 2.96. The van der Waals surface area contributed by atoms with Crippen LogP contribution in [0.4, 0.5) is 11.6 Å². The van der Waals surface area contributed by atoms with Crippen LogP contribution in [0.3, 0.4) is 0 Å². The van der Waals surface area contributed by atoms with Gasteiger partial charge in [0, 0.05) is 13.1 Å². The SMILES string of the molecule is CNc1cc(NC2(CO)CCC2)nc(C)n1. The fourth-order valence-electron chi connectivity index (χ4n) is 1.96. The highest BCUT2D eigenvalue weighted by Gasteiger charge is 2.36. The molecule has 0 atom stereocenters. The van der Waals surface area contributed by atoms with Crippen molar-refractivity contribution in [1.29, 1.82) is 0 Å². The largest absolute Gasteiger partial charge is 0.394 e. The Morgan fingerprint density at radius 3 is 2.56 bits per heavy atom. The predicted molar refractivity (Wildman–Crippen MR) is 63.6 cm³/mol. The van der Waals surface area contributed by atoms with E-state index >= 15 is 0 Å². The first-order valence-corrected chi connectivity index (χ1v) is 5.60. The lowest BCUT2D eigenvalue weighted by Crippen LogP contribution is -2.48. The number of rotatable bonds is 4. The number of nitrogens with one attached hydrogen (secondary N) is 2. The van der Waals surface area contributed by atoms with Gasteiger partial charge in [0.15, 0.2) is 0 Å². The zero-order chi connectivity index (χ0) is 11.6. The summed E-state index contributed by atoms with van der Waals surface area (Å²) in [4.78, 5) is 8.55. The fraction of sp³-hybridized carbons (Fsp3) is 0.636. The van der Waals surface area contributed by atoms with Crippen LogP contribution >= 0.6 is 0 Å². The average Bonchev–Trinajstić information content (AvgIpc) is 2.22. The van der Waals surface area contributed by atoms with Crippen molar-refractivity contribution in [3.8, 4) is 0 Å². The molecule has 1 heterocycles. The van der Waals surface area contributed by atoms with E-state index in [0.29, 0.717) is 0 Å². The number of aliphatic hydroxyl groups is 1. The third-order valence-corrected chi connectivity index (χ3v) is 3.10. The number of aromatic nitrogens is 2. The molecule has 1 saturated carbocycles. The Hall–Kier alpha value is -1.36. The molecule has 5 heteroatoms. The summed E-state index contributed by atoms with van der Waals surface area (Å²) in [5.74, 6) is 2.30. The topological polar surface area (TPSA) is 70.1 Å². The van der Waals surface area contributed by atoms with Crippen molar-refractivity contribution in [3.05, 3.63) is 11.9 Å². The molecule has 5 nitrogen and oxygen atoms in total. The Morgan fingerprint density at radius 2 is 2.06 bits per heavy atom. The van der Waals surface area contributed by atoms with Crippen molar-refractivity contribution in [2.45, 2.75) is 31.7 Å². The maximum Gasteiger partial charge on any atom is 0.132 e. The highest BCUT2D eigenvalue weighted by molar-refractivity contribution is 5.49. The van der Waals surface area contributed by atoms with Crippen molar-refractivity contribution in [2.24, 2.45) is 0 Å². The van der Waals surface area contributed by atoms with Crippen LogP contribution in [-0.2, 0) is 0 Å². The zero-order valence-corrected chi connectivity index (χ0v) is 9.75. The lowest BCUT2D eigenvalue weighted by Gasteiger charge is -2.41. The number of aliphatic hydroxyl groups excluding tert-OH is 1. The summed E-state index contributed by atoms with van der Waals surface area (Å²) in [6.07, 6.45) is 3.17. The molecule has 88 valence electrons. The Bertz CT molecular complexity index is 371. The molecule has 0 saturated heterocycles. The van der Waals surface area contributed by atoms with E-state index in [0.717, 1.165) is 36.7 Å². The molecule has 0 bridgehead atoms. The van der Waals surface area contributed by atoms with E-state index < -0.39 is 0 Å². The van der Waals surface area contributed by atoms with Gasteiger partial charge < -0.3 is 15.7 Å². The minimum absolute atomic E-state index is 0.158. The third-order valence-electron chi connectivity index (χ3n) is 3.10. The molecule has 3 N–H and O–H groups in total. The molecular formula is C11H18N4O. The van der Waals surface area contributed by atoms with E-state index in [9.17, 15) is 5.11 Å². The molecule has 16 heavy (non-hydrogen) atoms. The van der Waals surface area contributed by atoms with Crippen LogP contribution < -0.4 is 10.6 Å². The van der Waals surface area contributed by atoms with Gasteiger partial charge in [0.2, 0.25) is 0 Å². The molecule has 0 aliphatic heterocycles. The molecule has 0 radical (unpaired) electrons. The molecule has 1 aliphatic rings. The zero-order valence-electron chi connectivity index (χ0n) is 9.75. The molecule has 0 aromatic carbocycles. The van der Waals surface area contributed by atoms with Crippen LogP contribution in [0.5, 0.6) is 0 Å². The second-order valence-electron chi connectivity index (χ2n) is 4.35. The van der Waals surface area contributed by atoms with E-state index in [1.807, 2.05) is 20.0 Å². The van der Waals surface area contributed by atoms with Gasteiger partial charge in [-0.15, -0.1) is 0 Å². The number of nitrogens with zero attached hydrogens (tertiary/aromatic N) is 2. The van der Waals surface area contributed by atoms with E-state index in [2.05, 4.69) is 20.6 Å². The summed E-state index contributed by atoms with van der Waals surface area (Å²) >= 11 is 0. The first kappa shape index (κ1) is 11.1. The molecule has 2 rings (SSSR count). The minimum atomic E-state index is -0.161. The van der Waals surface area contributed by atoms with Gasteiger partial charge in [0.05, 0.1) is 12.1 Å². The van der Waals surface area contributed by atoms with E-state index in [1.165, 1.54) is 0 Å². The Morgan fingerprint density at radius 1 is 1.38 bits per heavy atom. The van der Waals surface area contributed by atoms with Gasteiger partial charge in [-0.25, -0.2) is 9.97 Å². The van der Waals surface area contributed by atoms with Gasteiger partial charge >= 0.3 is 0 Å². The maximum absolute atomic E-state index is 9.37. The van der Waals surface area contributed by atoms with Gasteiger partial charge in [-0.1, -0.05) is 0 Å². The normalized spacial score (nSPS) is 17.7. The lowest BCUT2D eigenvalue weighted by molar-refractivity contribution is 0.144. The van der Waals surface area contributed by atoms with Gasteiger partial charge in [-0.2, -0.15) is 0 Å². The molecule has 0 amide bonds. The number of aryl methyl sites for hydroxylation is 1. The maximum atomic E-state index is 9.37. The fourth-order valence-corrected chi connectivity index (χ4v) is 1.96. The van der Waals surface area contributed by atoms with E-state index in [1.54, 1.807) is 0 Å². The quantitative estimate of drug-likeness (QED) is 0.713. The van der Waals surface area contributed by atoms with Gasteiger partial charge in [-0.05, 0) is 26.2 Å². The summed E-state index contributed by atoms with van der Waals surface area (Å²) in [6, 6.07) is 1.86. The predicted octanol–water partition coefficient (Wildman–Crippen LogP) is 1.15. The first-order valence-electron chi connectivity index (χ1n) is 5.60. The summed E-state index contributed by atoms with van der Waals surface area (Å²) in [7, 11) is 1.83. The van der Waals surface area contributed by atoms with Crippen LogP contribution in [0.15, 0.2) is 6.07 Å². The van der Waals surface area contributed by atoms with Crippen molar-refractivity contribution >= 4 is 11.6 Å². The molecule has 1 aromatic rings. The third kappa shape index (κ3) is 2.09. The first-order chi connectivity index (χ1) is 7.67. The Labute approximate surface area is 95.3 Å². The molecular weight excluding hydrogens is 204 g/mol. The number of hydrogen-bond acceptors (Lipinski definition) is 5. The highest BCUT2D eigenvalue weighted by Crippen LogP contribution is 2.34. The van der Waals surface area contributed by atoms with Crippen LogP contribution in [0.1, 0.15) is 25.1 Å². The summed E-state index contributed by atoms with van der Waals surface area (Å²) in [5.41, 5.74) is -0.161. The summed E-state index contributed by atoms with van der Waals surface area (Å²) in [6.45, 7) is 2.02. The molecule has 0 spiro atoms. The number of hydrogen-bond donors (Lipinski definition) is 3. The number of anilines is 2. The molecule has 1 aromatic heterocycles. The monoisotopic (exact) mass is 222 g/mol. The minimum Gasteiger partial charge on any atom is -0.394 e. The van der Waals surface area contributed by atoms with Crippen LogP contribution in [-0.4, -0.2) is 34.3 Å². The van der Waals surface area contributed by atoms with Crippen LogP contribution in [0.2, 0.25) is 0 Å². The molecule has 1 fully saturated rings. The van der Waals surface area contributed by atoms with Crippen molar-refractivity contribution in [2.75, 3.05) is 24.3 Å². The molecule has 0 unspecified atom stereocenters. The average molecular weight is 222 g/mol.